The summed E-state index contributed by atoms with van der Waals surface area (Å²) in [5, 5.41) is 0. The molecule has 0 aliphatic carbocycles. The highest BCUT2D eigenvalue weighted by Crippen LogP contribution is 1.98. The maximum absolute atomic E-state index is 10.8. The van der Waals surface area contributed by atoms with Crippen LogP contribution in [0.15, 0.2) is 12.5 Å². The minimum atomic E-state index is -0.364. The first-order valence-electron chi connectivity index (χ1n) is 3.77. The lowest BCUT2D eigenvalue weighted by Crippen LogP contribution is -2.02. The van der Waals surface area contributed by atoms with E-state index < -0.39 is 0 Å². The Hall–Kier alpha value is -1.65. The molecular weight excluding hydrogens is 172 g/mol. The summed E-state index contributed by atoms with van der Waals surface area (Å²) in [4.78, 5) is 25.1. The van der Waals surface area contributed by atoms with Crippen molar-refractivity contribution in [1.29, 1.82) is 0 Å². The van der Waals surface area contributed by atoms with Crippen molar-refractivity contribution >= 4 is 11.9 Å². The van der Waals surface area contributed by atoms with Gasteiger partial charge in [-0.25, -0.2) is 4.98 Å². The third-order valence-corrected chi connectivity index (χ3v) is 1.42. The minimum absolute atomic E-state index is 0.107. The van der Waals surface area contributed by atoms with Gasteiger partial charge in [-0.1, -0.05) is 0 Å². The molecule has 0 spiro atoms. The van der Waals surface area contributed by atoms with Gasteiger partial charge in [-0.2, -0.15) is 0 Å². The average Bonchev–Trinajstić information content (AvgIpc) is 2.48. The number of nitrogens with zero attached hydrogens (tertiary/aromatic N) is 2. The van der Waals surface area contributed by atoms with Crippen LogP contribution in [0, 0.1) is 0 Å². The van der Waals surface area contributed by atoms with E-state index in [2.05, 4.69) is 4.98 Å². The number of hydrogen-bond acceptors (Lipinski definition) is 4. The first-order chi connectivity index (χ1) is 6.09. The van der Waals surface area contributed by atoms with Crippen molar-refractivity contribution in [2.45, 2.75) is 20.5 Å². The van der Waals surface area contributed by atoms with E-state index in [1.165, 1.54) is 30.9 Å². The van der Waals surface area contributed by atoms with Crippen LogP contribution in [-0.2, 0) is 16.1 Å². The third kappa shape index (κ3) is 2.70. The van der Waals surface area contributed by atoms with Gasteiger partial charge >= 0.3 is 5.97 Å². The number of hydrogen-bond donors (Lipinski definition) is 0. The van der Waals surface area contributed by atoms with Crippen molar-refractivity contribution in [2.75, 3.05) is 0 Å². The molecule has 0 bridgehead atoms. The quantitative estimate of drug-likeness (QED) is 0.628. The second-order valence-electron chi connectivity index (χ2n) is 2.57. The molecule has 1 heterocycles. The number of carbonyl (C=O) groups is 2. The molecule has 0 amide bonds. The van der Waals surface area contributed by atoms with E-state index in [1.54, 1.807) is 0 Å². The van der Waals surface area contributed by atoms with Gasteiger partial charge in [0.05, 0.1) is 5.69 Å². The first-order valence-corrected chi connectivity index (χ1v) is 3.77. The van der Waals surface area contributed by atoms with E-state index in [9.17, 15) is 9.59 Å². The Bertz CT molecular complexity index is 330. The Morgan fingerprint density at radius 2 is 2.23 bits per heavy atom. The van der Waals surface area contributed by atoms with Crippen LogP contribution in [-0.4, -0.2) is 21.4 Å². The second-order valence-corrected chi connectivity index (χ2v) is 2.57. The number of carbonyl (C=O) groups excluding carboxylic acids is 2. The van der Waals surface area contributed by atoms with Crippen LogP contribution in [0.25, 0.3) is 0 Å². The van der Waals surface area contributed by atoms with Gasteiger partial charge in [0, 0.05) is 20.0 Å². The number of ether oxygens (including phenoxy) is 1. The number of esters is 1. The molecule has 0 fully saturated rings. The van der Waals surface area contributed by atoms with Crippen LogP contribution in [0.4, 0.5) is 0 Å². The molecule has 0 aliphatic heterocycles. The molecule has 0 saturated heterocycles. The molecular formula is C8H10N2O3. The highest BCUT2D eigenvalue weighted by molar-refractivity contribution is 5.75. The van der Waals surface area contributed by atoms with Crippen LogP contribution in [0.3, 0.4) is 0 Å². The van der Waals surface area contributed by atoms with Crippen LogP contribution in [0.2, 0.25) is 0 Å². The molecule has 1 rings (SSSR count). The predicted octanol–water partition coefficient (Wildman–Crippen LogP) is 0.606. The second kappa shape index (κ2) is 3.84. The molecule has 0 aromatic carbocycles. The van der Waals surface area contributed by atoms with E-state index in [0.29, 0.717) is 5.69 Å². The van der Waals surface area contributed by atoms with Crippen molar-refractivity contribution in [3.63, 3.8) is 0 Å². The Kier molecular flexibility index (Phi) is 2.79. The molecule has 0 radical (unpaired) electrons. The maximum Gasteiger partial charge on any atom is 0.303 e. The van der Waals surface area contributed by atoms with Crippen molar-refractivity contribution in [1.82, 2.24) is 9.55 Å². The zero-order valence-electron chi connectivity index (χ0n) is 7.48. The summed E-state index contributed by atoms with van der Waals surface area (Å²) in [5.41, 5.74) is 0.561. The lowest BCUT2D eigenvalue weighted by Gasteiger charge is -1.96. The summed E-state index contributed by atoms with van der Waals surface area (Å²) < 4.78 is 6.03. The molecule has 0 saturated carbocycles. The fourth-order valence-corrected chi connectivity index (χ4v) is 0.786. The van der Waals surface area contributed by atoms with Crippen LogP contribution in [0.5, 0.6) is 0 Å². The highest BCUT2D eigenvalue weighted by Gasteiger charge is 2.02. The normalized spacial score (nSPS) is 9.69. The molecule has 1 aromatic heterocycles. The predicted molar refractivity (Wildman–Crippen MR) is 44.0 cm³/mol. The summed E-state index contributed by atoms with van der Waals surface area (Å²) in [6, 6.07) is 0. The number of imidazole rings is 1. The fourth-order valence-electron chi connectivity index (χ4n) is 0.786. The van der Waals surface area contributed by atoms with Crippen molar-refractivity contribution in [3.05, 3.63) is 18.2 Å². The lowest BCUT2D eigenvalue weighted by molar-refractivity contribution is -0.142. The van der Waals surface area contributed by atoms with E-state index in [1.807, 2.05) is 0 Å². The van der Waals surface area contributed by atoms with Gasteiger partial charge in [-0.15, -0.1) is 0 Å². The number of rotatable bonds is 2. The van der Waals surface area contributed by atoms with Crippen LogP contribution >= 0.6 is 0 Å². The number of aromatic nitrogens is 2. The van der Waals surface area contributed by atoms with Crippen molar-refractivity contribution < 1.29 is 14.3 Å². The molecule has 0 atom stereocenters. The standard InChI is InChI=1S/C8H10N2O3/c1-6(11)10-3-8(9-5-10)4-13-7(2)12/h3,5H,4H2,1-2H3. The van der Waals surface area contributed by atoms with Gasteiger partial charge in [0.25, 0.3) is 0 Å². The molecule has 70 valence electrons. The van der Waals surface area contributed by atoms with E-state index in [4.69, 9.17) is 4.74 Å². The monoisotopic (exact) mass is 182 g/mol. The maximum atomic E-state index is 10.8. The lowest BCUT2D eigenvalue weighted by atomic mass is 10.5. The van der Waals surface area contributed by atoms with Gasteiger partial charge in [-0.05, 0) is 0 Å². The van der Waals surface area contributed by atoms with Gasteiger partial charge < -0.3 is 4.74 Å². The molecule has 0 unspecified atom stereocenters. The summed E-state index contributed by atoms with van der Waals surface area (Å²) in [7, 11) is 0. The molecule has 1 aromatic rings. The Labute approximate surface area is 75.3 Å². The van der Waals surface area contributed by atoms with Gasteiger partial charge in [0.15, 0.2) is 0 Å². The average molecular weight is 182 g/mol. The van der Waals surface area contributed by atoms with Gasteiger partial charge in [0.2, 0.25) is 5.91 Å². The summed E-state index contributed by atoms with van der Waals surface area (Å²) >= 11 is 0. The largest absolute Gasteiger partial charge is 0.459 e. The zero-order chi connectivity index (χ0) is 9.84. The molecule has 0 N–H and O–H groups in total. The Morgan fingerprint density at radius 3 is 2.69 bits per heavy atom. The molecule has 0 aliphatic rings. The zero-order valence-corrected chi connectivity index (χ0v) is 7.48. The van der Waals surface area contributed by atoms with Crippen molar-refractivity contribution in [2.24, 2.45) is 0 Å². The van der Waals surface area contributed by atoms with Crippen molar-refractivity contribution in [3.8, 4) is 0 Å². The molecule has 5 nitrogen and oxygen atoms in total. The summed E-state index contributed by atoms with van der Waals surface area (Å²) in [6.45, 7) is 2.86. The summed E-state index contributed by atoms with van der Waals surface area (Å²) in [5.74, 6) is -0.487. The topological polar surface area (TPSA) is 61.2 Å². The van der Waals surface area contributed by atoms with Gasteiger partial charge in [0.1, 0.15) is 12.9 Å². The first kappa shape index (κ1) is 9.44. The highest BCUT2D eigenvalue weighted by atomic mass is 16.5. The van der Waals surface area contributed by atoms with E-state index in [0.717, 1.165) is 0 Å². The Balaban J connectivity index is 2.59. The van der Waals surface area contributed by atoms with E-state index in [-0.39, 0.29) is 18.5 Å². The Morgan fingerprint density at radius 1 is 1.54 bits per heavy atom. The smallest absolute Gasteiger partial charge is 0.303 e. The van der Waals surface area contributed by atoms with Crippen LogP contribution < -0.4 is 0 Å². The third-order valence-electron chi connectivity index (χ3n) is 1.42. The van der Waals surface area contributed by atoms with Gasteiger partial charge in [-0.3, -0.25) is 14.2 Å². The molecule has 13 heavy (non-hydrogen) atoms. The molecule has 5 heteroatoms. The fraction of sp³-hybridized carbons (Fsp3) is 0.375. The van der Waals surface area contributed by atoms with Crippen LogP contribution in [0.1, 0.15) is 24.3 Å². The SMILES string of the molecule is CC(=O)OCc1cn(C(C)=O)cn1. The van der Waals surface area contributed by atoms with E-state index >= 15 is 0 Å². The minimum Gasteiger partial charge on any atom is -0.459 e. The summed E-state index contributed by atoms with van der Waals surface area (Å²) in [6.07, 6.45) is 2.92.